The highest BCUT2D eigenvalue weighted by molar-refractivity contribution is 6.06. The Morgan fingerprint density at radius 3 is 2.72 bits per heavy atom. The molecule has 10 heteroatoms. The molecular formula is C22H25F3N2O5. The third-order valence-electron chi connectivity index (χ3n) is 5.53. The number of hydrogen-bond acceptors (Lipinski definition) is 5. The second-order valence-electron chi connectivity index (χ2n) is 7.78. The van der Waals surface area contributed by atoms with Crippen LogP contribution in [-0.2, 0) is 14.3 Å². The summed E-state index contributed by atoms with van der Waals surface area (Å²) in [6.45, 7) is 4.77. The van der Waals surface area contributed by atoms with E-state index in [0.717, 1.165) is 42.3 Å². The first-order chi connectivity index (χ1) is 15.1. The van der Waals surface area contributed by atoms with Gasteiger partial charge in [0.15, 0.2) is 0 Å². The van der Waals surface area contributed by atoms with E-state index in [9.17, 15) is 18.0 Å². The number of nitrogens with zero attached hydrogens (tertiary/aromatic N) is 2. The molecule has 3 heterocycles. The Morgan fingerprint density at radius 2 is 2.03 bits per heavy atom. The second kappa shape index (κ2) is 9.83. The molecule has 174 valence electrons. The van der Waals surface area contributed by atoms with Crippen LogP contribution in [0.15, 0.2) is 36.5 Å². The number of alkyl halides is 3. The van der Waals surface area contributed by atoms with Gasteiger partial charge < -0.3 is 19.5 Å². The maximum atomic E-state index is 13.2. The number of amides is 1. The fourth-order valence-corrected chi connectivity index (χ4v) is 4.15. The number of benzene rings is 1. The molecule has 4 rings (SSSR count). The number of hydrogen-bond donors (Lipinski definition) is 1. The number of aromatic nitrogens is 1. The second-order valence-corrected chi connectivity index (χ2v) is 7.78. The summed E-state index contributed by atoms with van der Waals surface area (Å²) in [6, 6.07) is 9.62. The number of rotatable bonds is 3. The van der Waals surface area contributed by atoms with E-state index in [1.807, 2.05) is 42.2 Å². The van der Waals surface area contributed by atoms with Crippen molar-refractivity contribution in [3.05, 3.63) is 42.1 Å². The van der Waals surface area contributed by atoms with Crippen molar-refractivity contribution in [2.75, 3.05) is 26.3 Å². The van der Waals surface area contributed by atoms with E-state index in [2.05, 4.69) is 4.98 Å². The number of aliphatic carboxylic acids is 1. The van der Waals surface area contributed by atoms with Gasteiger partial charge in [0.1, 0.15) is 0 Å². The zero-order valence-electron chi connectivity index (χ0n) is 17.6. The van der Waals surface area contributed by atoms with Crippen molar-refractivity contribution in [2.45, 2.75) is 44.1 Å². The number of likely N-dealkylation sites (tertiary alicyclic amines) is 1. The van der Waals surface area contributed by atoms with Crippen molar-refractivity contribution in [3.8, 4) is 0 Å². The van der Waals surface area contributed by atoms with Gasteiger partial charge in [-0.3, -0.25) is 9.78 Å². The lowest BCUT2D eigenvalue weighted by atomic mass is 9.89. The molecule has 0 unspecified atom stereocenters. The third kappa shape index (κ3) is 5.55. The van der Waals surface area contributed by atoms with Gasteiger partial charge in [-0.05, 0) is 31.9 Å². The standard InChI is InChI=1S/C20H24N2O3.C2HF3O2/c1-2-24-15-12-20(25-13-15)9-5-11-22(14-20)19(23)17-8-10-21-18-7-4-3-6-16(17)18;3-2(4,5)1(6)7/h3-4,6-8,10,15H,2,5,9,11-14H2,1H3;(H,6,7)/t15-,20+;/m1./s1. The van der Waals surface area contributed by atoms with E-state index in [1.54, 1.807) is 6.20 Å². The van der Waals surface area contributed by atoms with Crippen molar-refractivity contribution in [2.24, 2.45) is 0 Å². The Kier molecular flexibility index (Phi) is 7.35. The molecule has 1 aromatic heterocycles. The predicted octanol–water partition coefficient (Wildman–Crippen LogP) is 3.67. The normalized spacial score (nSPS) is 23.1. The van der Waals surface area contributed by atoms with E-state index < -0.39 is 12.1 Å². The summed E-state index contributed by atoms with van der Waals surface area (Å²) in [7, 11) is 0. The van der Waals surface area contributed by atoms with Gasteiger partial charge in [-0.1, -0.05) is 18.2 Å². The highest BCUT2D eigenvalue weighted by Gasteiger charge is 2.45. The summed E-state index contributed by atoms with van der Waals surface area (Å²) in [5.74, 6) is -2.69. The average Bonchev–Trinajstić information content (AvgIpc) is 3.14. The highest BCUT2D eigenvalue weighted by atomic mass is 19.4. The van der Waals surface area contributed by atoms with E-state index in [-0.39, 0.29) is 17.6 Å². The minimum atomic E-state index is -5.08. The molecule has 32 heavy (non-hydrogen) atoms. The fraction of sp³-hybridized carbons (Fsp3) is 0.500. The van der Waals surface area contributed by atoms with Crippen LogP contribution in [0.2, 0.25) is 0 Å². The van der Waals surface area contributed by atoms with Crippen LogP contribution in [0.25, 0.3) is 10.9 Å². The Morgan fingerprint density at radius 1 is 1.31 bits per heavy atom. The van der Waals surface area contributed by atoms with Gasteiger partial charge in [0.25, 0.3) is 5.91 Å². The quantitative estimate of drug-likeness (QED) is 0.762. The van der Waals surface area contributed by atoms with Crippen LogP contribution in [-0.4, -0.2) is 71.1 Å². The lowest BCUT2D eigenvalue weighted by Gasteiger charge is -2.39. The Bertz CT molecular complexity index is 963. The van der Waals surface area contributed by atoms with Crippen molar-refractivity contribution in [1.29, 1.82) is 0 Å². The zero-order valence-corrected chi connectivity index (χ0v) is 17.6. The van der Waals surface area contributed by atoms with Crippen LogP contribution in [0.1, 0.15) is 36.5 Å². The summed E-state index contributed by atoms with van der Waals surface area (Å²) in [5, 5.41) is 8.04. The molecule has 7 nitrogen and oxygen atoms in total. The third-order valence-corrected chi connectivity index (χ3v) is 5.53. The van der Waals surface area contributed by atoms with Crippen LogP contribution < -0.4 is 0 Å². The first-order valence-corrected chi connectivity index (χ1v) is 10.3. The molecule has 1 amide bonds. The minimum Gasteiger partial charge on any atom is -0.475 e. The van der Waals surface area contributed by atoms with Crippen LogP contribution in [0.4, 0.5) is 13.2 Å². The van der Waals surface area contributed by atoms with Crippen LogP contribution in [0.5, 0.6) is 0 Å². The van der Waals surface area contributed by atoms with E-state index in [0.29, 0.717) is 19.8 Å². The lowest BCUT2D eigenvalue weighted by molar-refractivity contribution is -0.192. The molecular weight excluding hydrogens is 429 g/mol. The fourth-order valence-electron chi connectivity index (χ4n) is 4.15. The van der Waals surface area contributed by atoms with E-state index in [1.165, 1.54) is 0 Å². The highest BCUT2D eigenvalue weighted by Crippen LogP contribution is 2.36. The lowest BCUT2D eigenvalue weighted by Crippen LogP contribution is -2.50. The topological polar surface area (TPSA) is 89.0 Å². The van der Waals surface area contributed by atoms with Crippen LogP contribution >= 0.6 is 0 Å². The van der Waals surface area contributed by atoms with Crippen LogP contribution in [0, 0.1) is 0 Å². The molecule has 0 aliphatic carbocycles. The molecule has 0 bridgehead atoms. The maximum Gasteiger partial charge on any atom is 0.490 e. The molecule has 2 aliphatic rings. The number of halogens is 3. The number of carbonyl (C=O) groups excluding carboxylic acids is 1. The summed E-state index contributed by atoms with van der Waals surface area (Å²) in [4.78, 5) is 28.4. The molecule has 1 spiro atoms. The number of fused-ring (bicyclic) bond motifs is 1. The largest absolute Gasteiger partial charge is 0.490 e. The Labute approximate surface area is 183 Å². The molecule has 2 saturated heterocycles. The summed E-state index contributed by atoms with van der Waals surface area (Å²) in [5.41, 5.74) is 1.34. The van der Waals surface area contributed by atoms with Crippen molar-refractivity contribution >= 4 is 22.8 Å². The first-order valence-electron chi connectivity index (χ1n) is 10.3. The SMILES string of the molecule is CCO[C@H]1CO[C@@]2(CCCN(C(=O)c3ccnc4ccccc34)C2)C1.O=C(O)C(F)(F)F. The summed E-state index contributed by atoms with van der Waals surface area (Å²) < 4.78 is 43.6. The van der Waals surface area contributed by atoms with Gasteiger partial charge in [0.05, 0.1) is 35.9 Å². The van der Waals surface area contributed by atoms with Gasteiger partial charge in [-0.25, -0.2) is 4.79 Å². The van der Waals surface area contributed by atoms with Gasteiger partial charge >= 0.3 is 12.1 Å². The molecule has 1 N–H and O–H groups in total. The van der Waals surface area contributed by atoms with Gasteiger partial charge in [-0.15, -0.1) is 0 Å². The van der Waals surface area contributed by atoms with E-state index >= 15 is 0 Å². The molecule has 2 fully saturated rings. The molecule has 0 saturated carbocycles. The monoisotopic (exact) mass is 454 g/mol. The number of piperidine rings is 1. The number of carboxylic acids is 1. The van der Waals surface area contributed by atoms with Crippen molar-refractivity contribution in [1.82, 2.24) is 9.88 Å². The molecule has 2 aromatic rings. The Balaban J connectivity index is 0.000000360. The number of ether oxygens (including phenoxy) is 2. The molecule has 2 atom stereocenters. The predicted molar refractivity (Wildman–Crippen MR) is 109 cm³/mol. The number of carboxylic acid groups (broad SMARTS) is 1. The molecule has 2 aliphatic heterocycles. The van der Waals surface area contributed by atoms with Gasteiger partial charge in [0.2, 0.25) is 0 Å². The number of pyridine rings is 1. The molecule has 1 aromatic carbocycles. The van der Waals surface area contributed by atoms with Crippen molar-refractivity contribution in [3.63, 3.8) is 0 Å². The first kappa shape index (κ1) is 23.9. The number of para-hydroxylation sites is 1. The molecule has 0 radical (unpaired) electrons. The van der Waals surface area contributed by atoms with E-state index in [4.69, 9.17) is 19.4 Å². The zero-order chi connectivity index (χ0) is 23.4. The van der Waals surface area contributed by atoms with Crippen molar-refractivity contribution < 1.29 is 37.3 Å². The maximum absolute atomic E-state index is 13.2. The number of carbonyl (C=O) groups is 2. The average molecular weight is 454 g/mol. The summed E-state index contributed by atoms with van der Waals surface area (Å²) in [6.07, 6.45) is -0.374. The Hall–Kier alpha value is -2.72. The smallest absolute Gasteiger partial charge is 0.475 e. The minimum absolute atomic E-state index is 0.0705. The van der Waals surface area contributed by atoms with Crippen LogP contribution in [0.3, 0.4) is 0 Å². The van der Waals surface area contributed by atoms with Gasteiger partial charge in [0, 0.05) is 31.2 Å². The summed E-state index contributed by atoms with van der Waals surface area (Å²) >= 11 is 0. The van der Waals surface area contributed by atoms with Gasteiger partial charge in [-0.2, -0.15) is 13.2 Å².